The number of hydrogen-bond acceptors (Lipinski definition) is 2. The molecule has 0 aromatic heterocycles. The first-order valence-corrected chi connectivity index (χ1v) is 6.27. The summed E-state index contributed by atoms with van der Waals surface area (Å²) in [5.74, 6) is -0.383. The second-order valence-electron chi connectivity index (χ2n) is 4.80. The molecule has 3 nitrogen and oxygen atoms in total. The monoisotopic (exact) mass is 252 g/mol. The van der Waals surface area contributed by atoms with Crippen LogP contribution in [-0.4, -0.2) is 18.0 Å². The zero-order valence-electron chi connectivity index (χ0n) is 11.0. The van der Waals surface area contributed by atoms with Gasteiger partial charge in [0.05, 0.1) is 5.54 Å². The summed E-state index contributed by atoms with van der Waals surface area (Å²) in [6.45, 7) is 4.25. The van der Waals surface area contributed by atoms with Gasteiger partial charge in [0.25, 0.3) is 0 Å². The molecule has 1 aromatic rings. The van der Waals surface area contributed by atoms with Crippen LogP contribution in [0.2, 0.25) is 0 Å². The van der Waals surface area contributed by atoms with Gasteiger partial charge in [0, 0.05) is 6.54 Å². The van der Waals surface area contributed by atoms with Crippen LogP contribution in [0.15, 0.2) is 24.3 Å². The summed E-state index contributed by atoms with van der Waals surface area (Å²) in [6.07, 6.45) is 2.21. The van der Waals surface area contributed by atoms with Crippen LogP contribution < -0.4 is 11.1 Å². The van der Waals surface area contributed by atoms with Gasteiger partial charge in [0.15, 0.2) is 0 Å². The highest BCUT2D eigenvalue weighted by Crippen LogP contribution is 2.08. The third kappa shape index (κ3) is 4.45. The number of nitrogens with two attached hydrogens (primary N) is 1. The highest BCUT2D eigenvalue weighted by molar-refractivity contribution is 5.85. The Hall–Kier alpha value is -1.42. The molecule has 1 atom stereocenters. The van der Waals surface area contributed by atoms with Crippen molar-refractivity contribution in [2.75, 3.05) is 6.54 Å². The predicted octanol–water partition coefficient (Wildman–Crippen LogP) is 2.00. The quantitative estimate of drug-likeness (QED) is 0.813. The summed E-state index contributed by atoms with van der Waals surface area (Å²) in [4.78, 5) is 11.8. The van der Waals surface area contributed by atoms with Gasteiger partial charge in [-0.1, -0.05) is 25.5 Å². The van der Waals surface area contributed by atoms with E-state index in [9.17, 15) is 9.18 Å². The first-order chi connectivity index (χ1) is 8.45. The molecular weight excluding hydrogens is 231 g/mol. The van der Waals surface area contributed by atoms with Gasteiger partial charge >= 0.3 is 0 Å². The molecule has 0 fully saturated rings. The number of carbonyl (C=O) groups excluding carboxylic acids is 1. The Morgan fingerprint density at radius 3 is 2.56 bits per heavy atom. The molecule has 100 valence electrons. The summed E-state index contributed by atoms with van der Waals surface area (Å²) >= 11 is 0. The van der Waals surface area contributed by atoms with Gasteiger partial charge in [-0.25, -0.2) is 4.39 Å². The highest BCUT2D eigenvalue weighted by Gasteiger charge is 2.26. The topological polar surface area (TPSA) is 55.1 Å². The van der Waals surface area contributed by atoms with Crippen LogP contribution in [0.5, 0.6) is 0 Å². The first-order valence-electron chi connectivity index (χ1n) is 6.27. The normalized spacial score (nSPS) is 14.0. The molecule has 1 unspecified atom stereocenters. The van der Waals surface area contributed by atoms with Crippen LogP contribution in [-0.2, 0) is 11.2 Å². The fraction of sp³-hybridized carbons (Fsp3) is 0.500. The molecule has 0 spiro atoms. The highest BCUT2D eigenvalue weighted by atomic mass is 19.1. The maximum absolute atomic E-state index is 12.7. The molecule has 0 radical (unpaired) electrons. The van der Waals surface area contributed by atoms with Crippen LogP contribution in [0.3, 0.4) is 0 Å². The van der Waals surface area contributed by atoms with E-state index >= 15 is 0 Å². The van der Waals surface area contributed by atoms with E-state index < -0.39 is 5.54 Å². The Labute approximate surface area is 108 Å². The van der Waals surface area contributed by atoms with Crippen molar-refractivity contribution < 1.29 is 9.18 Å². The van der Waals surface area contributed by atoms with Gasteiger partial charge < -0.3 is 11.1 Å². The third-order valence-corrected chi connectivity index (χ3v) is 2.90. The molecule has 3 N–H and O–H groups in total. The Morgan fingerprint density at radius 2 is 2.00 bits per heavy atom. The molecule has 18 heavy (non-hydrogen) atoms. The Balaban J connectivity index is 2.37. The maximum atomic E-state index is 12.7. The molecule has 0 bridgehead atoms. The largest absolute Gasteiger partial charge is 0.354 e. The number of hydrogen-bond donors (Lipinski definition) is 2. The summed E-state index contributed by atoms with van der Waals surface area (Å²) < 4.78 is 12.7. The molecule has 1 amide bonds. The van der Waals surface area contributed by atoms with Crippen LogP contribution in [0.1, 0.15) is 32.3 Å². The van der Waals surface area contributed by atoms with Gasteiger partial charge in [-0.3, -0.25) is 4.79 Å². The van der Waals surface area contributed by atoms with Gasteiger partial charge in [-0.2, -0.15) is 0 Å². The van der Waals surface area contributed by atoms with E-state index in [0.717, 1.165) is 12.0 Å². The van der Waals surface area contributed by atoms with Crippen molar-refractivity contribution in [2.45, 2.75) is 38.6 Å². The van der Waals surface area contributed by atoms with Crippen molar-refractivity contribution in [3.8, 4) is 0 Å². The number of halogens is 1. The smallest absolute Gasteiger partial charge is 0.239 e. The number of rotatable bonds is 6. The molecule has 0 heterocycles. The lowest BCUT2D eigenvalue weighted by molar-refractivity contribution is -0.126. The third-order valence-electron chi connectivity index (χ3n) is 2.90. The van der Waals surface area contributed by atoms with E-state index in [0.29, 0.717) is 19.4 Å². The summed E-state index contributed by atoms with van der Waals surface area (Å²) in [6, 6.07) is 6.27. The lowest BCUT2D eigenvalue weighted by Gasteiger charge is -2.22. The molecule has 1 aromatic carbocycles. The van der Waals surface area contributed by atoms with Gasteiger partial charge in [-0.15, -0.1) is 0 Å². The molecule has 0 aliphatic rings. The van der Waals surface area contributed by atoms with E-state index in [1.807, 2.05) is 6.92 Å². The molecular formula is C14H21FN2O. The predicted molar refractivity (Wildman–Crippen MR) is 70.6 cm³/mol. The molecule has 0 saturated heterocycles. The van der Waals surface area contributed by atoms with Crippen molar-refractivity contribution in [1.82, 2.24) is 5.32 Å². The van der Waals surface area contributed by atoms with Gasteiger partial charge in [0.1, 0.15) is 5.82 Å². The van der Waals surface area contributed by atoms with Crippen LogP contribution >= 0.6 is 0 Å². The van der Waals surface area contributed by atoms with E-state index in [4.69, 9.17) is 5.73 Å². The zero-order chi connectivity index (χ0) is 13.6. The molecule has 4 heteroatoms. The Bertz CT molecular complexity index is 387. The minimum Gasteiger partial charge on any atom is -0.354 e. The van der Waals surface area contributed by atoms with Crippen molar-refractivity contribution in [3.63, 3.8) is 0 Å². The second-order valence-corrected chi connectivity index (χ2v) is 4.80. The van der Waals surface area contributed by atoms with Crippen LogP contribution in [0.25, 0.3) is 0 Å². The second kappa shape index (κ2) is 6.50. The van der Waals surface area contributed by atoms with Crippen molar-refractivity contribution >= 4 is 5.91 Å². The summed E-state index contributed by atoms with van der Waals surface area (Å²) in [5.41, 5.74) is 6.09. The van der Waals surface area contributed by atoms with Crippen LogP contribution in [0, 0.1) is 5.82 Å². The van der Waals surface area contributed by atoms with Crippen molar-refractivity contribution in [1.29, 1.82) is 0 Å². The van der Waals surface area contributed by atoms with E-state index in [1.54, 1.807) is 19.1 Å². The fourth-order valence-corrected chi connectivity index (χ4v) is 1.81. The Morgan fingerprint density at radius 1 is 1.39 bits per heavy atom. The van der Waals surface area contributed by atoms with Crippen molar-refractivity contribution in [3.05, 3.63) is 35.6 Å². The van der Waals surface area contributed by atoms with E-state index in [1.165, 1.54) is 12.1 Å². The standard InChI is InChI=1S/C14H21FN2O/c1-3-9-14(2,16)13(18)17-10-8-11-4-6-12(15)7-5-11/h4-7H,3,8-10,16H2,1-2H3,(H,17,18). The van der Waals surface area contributed by atoms with E-state index in [2.05, 4.69) is 5.32 Å². The number of amides is 1. The van der Waals surface area contributed by atoms with E-state index in [-0.39, 0.29) is 11.7 Å². The first kappa shape index (κ1) is 14.6. The minimum atomic E-state index is -0.808. The number of carbonyl (C=O) groups is 1. The van der Waals surface area contributed by atoms with Crippen molar-refractivity contribution in [2.24, 2.45) is 5.73 Å². The average molecular weight is 252 g/mol. The maximum Gasteiger partial charge on any atom is 0.239 e. The number of nitrogens with one attached hydrogen (secondary N) is 1. The SMILES string of the molecule is CCCC(C)(N)C(=O)NCCc1ccc(F)cc1. The lowest BCUT2D eigenvalue weighted by Crippen LogP contribution is -2.51. The molecule has 1 rings (SSSR count). The summed E-state index contributed by atoms with van der Waals surface area (Å²) in [5, 5.41) is 2.81. The molecule has 0 saturated carbocycles. The molecule has 0 aliphatic heterocycles. The average Bonchev–Trinajstić information content (AvgIpc) is 2.31. The minimum absolute atomic E-state index is 0.133. The molecule has 0 aliphatic carbocycles. The Kier molecular flexibility index (Phi) is 5.28. The number of benzene rings is 1. The summed E-state index contributed by atoms with van der Waals surface area (Å²) in [7, 11) is 0. The van der Waals surface area contributed by atoms with Gasteiger partial charge in [-0.05, 0) is 37.5 Å². The fourth-order valence-electron chi connectivity index (χ4n) is 1.81. The zero-order valence-corrected chi connectivity index (χ0v) is 11.0. The van der Waals surface area contributed by atoms with Crippen LogP contribution in [0.4, 0.5) is 4.39 Å². The van der Waals surface area contributed by atoms with Gasteiger partial charge in [0.2, 0.25) is 5.91 Å². The lowest BCUT2D eigenvalue weighted by atomic mass is 9.96.